The molecule has 0 radical (unpaired) electrons. The molecule has 0 heterocycles. The van der Waals surface area contributed by atoms with Crippen molar-refractivity contribution in [3.63, 3.8) is 0 Å². The molecule has 112 valence electrons. The molecule has 0 unspecified atom stereocenters. The van der Waals surface area contributed by atoms with E-state index in [4.69, 9.17) is 16.2 Å². The third kappa shape index (κ3) is 6.59. The maximum atomic E-state index is 5.70. The molecule has 0 spiro atoms. The van der Waals surface area contributed by atoms with Gasteiger partial charge in [-0.1, -0.05) is 54.6 Å². The minimum atomic E-state index is 0. The summed E-state index contributed by atoms with van der Waals surface area (Å²) >= 11 is 0. The predicted octanol–water partition coefficient (Wildman–Crippen LogP) is 2.79. The average Bonchev–Trinajstić information content (AvgIpc) is 2.47. The summed E-state index contributed by atoms with van der Waals surface area (Å²) in [6, 6.07) is 18.2. The SMILES string of the molecule is I.NC(N)=NCc1cccc(COCc2ccccc2)c1. The maximum absolute atomic E-state index is 5.70. The van der Waals surface area contributed by atoms with E-state index in [1.807, 2.05) is 36.4 Å². The number of rotatable bonds is 6. The summed E-state index contributed by atoms with van der Waals surface area (Å²) in [6.07, 6.45) is 0. The molecule has 0 fully saturated rings. The Hall–Kier alpha value is -1.60. The Morgan fingerprint density at radius 1 is 0.857 bits per heavy atom. The summed E-state index contributed by atoms with van der Waals surface area (Å²) in [6.45, 7) is 1.68. The van der Waals surface area contributed by atoms with Crippen LogP contribution in [0.2, 0.25) is 0 Å². The van der Waals surface area contributed by atoms with Crippen LogP contribution in [-0.4, -0.2) is 5.96 Å². The van der Waals surface area contributed by atoms with Crippen LogP contribution in [0.15, 0.2) is 59.6 Å². The Bertz CT molecular complexity index is 569. The van der Waals surface area contributed by atoms with Crippen LogP contribution in [0, 0.1) is 0 Å². The highest BCUT2D eigenvalue weighted by Crippen LogP contribution is 2.09. The third-order valence-corrected chi connectivity index (χ3v) is 2.82. The van der Waals surface area contributed by atoms with E-state index >= 15 is 0 Å². The van der Waals surface area contributed by atoms with Gasteiger partial charge in [-0.3, -0.25) is 0 Å². The van der Waals surface area contributed by atoms with Crippen molar-refractivity contribution in [2.45, 2.75) is 19.8 Å². The van der Waals surface area contributed by atoms with Crippen molar-refractivity contribution in [1.82, 2.24) is 0 Å². The fraction of sp³-hybridized carbons (Fsp3) is 0.188. The first-order valence-electron chi connectivity index (χ1n) is 6.49. The molecule has 4 nitrogen and oxygen atoms in total. The molecule has 2 aromatic carbocycles. The summed E-state index contributed by atoms with van der Waals surface area (Å²) in [7, 11) is 0. The molecular formula is C16H20IN3O. The predicted molar refractivity (Wildman–Crippen MR) is 96.3 cm³/mol. The third-order valence-electron chi connectivity index (χ3n) is 2.82. The normalized spacial score (nSPS) is 9.71. The highest BCUT2D eigenvalue weighted by molar-refractivity contribution is 14.0. The molecule has 0 amide bonds. The smallest absolute Gasteiger partial charge is 0.186 e. The molecule has 0 aliphatic heterocycles. The number of guanidine groups is 1. The average molecular weight is 397 g/mol. The van der Waals surface area contributed by atoms with Crippen molar-refractivity contribution < 1.29 is 4.74 Å². The number of benzene rings is 2. The lowest BCUT2D eigenvalue weighted by Gasteiger charge is -2.06. The Morgan fingerprint density at radius 3 is 2.19 bits per heavy atom. The second-order valence-electron chi connectivity index (χ2n) is 4.54. The quantitative estimate of drug-likeness (QED) is 0.447. The van der Waals surface area contributed by atoms with Gasteiger partial charge in [0.1, 0.15) is 0 Å². The van der Waals surface area contributed by atoms with E-state index in [0.29, 0.717) is 19.8 Å². The van der Waals surface area contributed by atoms with Gasteiger partial charge in [0, 0.05) is 0 Å². The van der Waals surface area contributed by atoms with Crippen molar-refractivity contribution in [3.05, 3.63) is 71.3 Å². The largest absolute Gasteiger partial charge is 0.372 e. The van der Waals surface area contributed by atoms with Gasteiger partial charge in [-0.15, -0.1) is 24.0 Å². The maximum Gasteiger partial charge on any atom is 0.186 e. The second kappa shape index (κ2) is 9.36. The fourth-order valence-electron chi connectivity index (χ4n) is 1.86. The second-order valence-corrected chi connectivity index (χ2v) is 4.54. The molecule has 5 heteroatoms. The van der Waals surface area contributed by atoms with Crippen LogP contribution in [0.5, 0.6) is 0 Å². The molecule has 0 atom stereocenters. The summed E-state index contributed by atoms with van der Waals surface area (Å²) in [5, 5.41) is 0. The van der Waals surface area contributed by atoms with Gasteiger partial charge < -0.3 is 16.2 Å². The lowest BCUT2D eigenvalue weighted by Crippen LogP contribution is -2.22. The number of aliphatic imine (C=N–C) groups is 1. The van der Waals surface area contributed by atoms with Crippen molar-refractivity contribution in [2.75, 3.05) is 0 Å². The first-order chi connectivity index (χ1) is 9.74. The monoisotopic (exact) mass is 397 g/mol. The molecule has 0 aliphatic carbocycles. The molecule has 0 saturated carbocycles. The van der Waals surface area contributed by atoms with Crippen molar-refractivity contribution in [1.29, 1.82) is 0 Å². The van der Waals surface area contributed by atoms with Crippen LogP contribution in [0.1, 0.15) is 16.7 Å². The minimum Gasteiger partial charge on any atom is -0.372 e. The van der Waals surface area contributed by atoms with Gasteiger partial charge >= 0.3 is 0 Å². The zero-order chi connectivity index (χ0) is 14.2. The van der Waals surface area contributed by atoms with Gasteiger partial charge in [-0.2, -0.15) is 0 Å². The van der Waals surface area contributed by atoms with E-state index in [9.17, 15) is 0 Å². The van der Waals surface area contributed by atoms with E-state index in [2.05, 4.69) is 23.2 Å². The highest BCUT2D eigenvalue weighted by Gasteiger charge is 1.97. The van der Waals surface area contributed by atoms with Crippen molar-refractivity contribution >= 4 is 29.9 Å². The Morgan fingerprint density at radius 2 is 1.48 bits per heavy atom. The van der Waals surface area contributed by atoms with Gasteiger partial charge in [0.15, 0.2) is 5.96 Å². The first kappa shape index (κ1) is 17.5. The van der Waals surface area contributed by atoms with Gasteiger partial charge in [-0.05, 0) is 16.7 Å². The van der Waals surface area contributed by atoms with Gasteiger partial charge in [0.25, 0.3) is 0 Å². The summed E-state index contributed by atoms with van der Waals surface area (Å²) < 4.78 is 5.70. The van der Waals surface area contributed by atoms with E-state index < -0.39 is 0 Å². The van der Waals surface area contributed by atoms with E-state index in [-0.39, 0.29) is 29.9 Å². The highest BCUT2D eigenvalue weighted by atomic mass is 127. The van der Waals surface area contributed by atoms with Gasteiger partial charge in [0.05, 0.1) is 19.8 Å². The Labute approximate surface area is 142 Å². The molecule has 0 aromatic heterocycles. The number of halogens is 1. The summed E-state index contributed by atoms with van der Waals surface area (Å²) in [5.74, 6) is 0.107. The molecule has 0 bridgehead atoms. The standard InChI is InChI=1S/C16H19N3O.HI/c17-16(18)19-10-14-7-4-8-15(9-14)12-20-11-13-5-2-1-3-6-13;/h1-9H,10-12H2,(H4,17,18,19);1H. The molecular weight excluding hydrogens is 377 g/mol. The molecule has 0 saturated heterocycles. The number of nitrogens with two attached hydrogens (primary N) is 2. The van der Waals surface area contributed by atoms with E-state index in [1.54, 1.807) is 0 Å². The number of hydrogen-bond acceptors (Lipinski definition) is 2. The molecule has 2 rings (SSSR count). The Kier molecular flexibility index (Phi) is 7.78. The number of hydrogen-bond donors (Lipinski definition) is 2. The zero-order valence-corrected chi connectivity index (χ0v) is 14.1. The van der Waals surface area contributed by atoms with Crippen LogP contribution in [0.25, 0.3) is 0 Å². The van der Waals surface area contributed by atoms with Crippen molar-refractivity contribution in [2.24, 2.45) is 16.5 Å². The molecule has 0 aliphatic rings. The Balaban J connectivity index is 0.00000220. The molecule has 2 aromatic rings. The first-order valence-corrected chi connectivity index (χ1v) is 6.49. The lowest BCUT2D eigenvalue weighted by atomic mass is 10.1. The topological polar surface area (TPSA) is 73.6 Å². The van der Waals surface area contributed by atoms with Gasteiger partial charge in [-0.25, -0.2) is 4.99 Å². The van der Waals surface area contributed by atoms with E-state index in [1.165, 1.54) is 5.56 Å². The summed E-state index contributed by atoms with van der Waals surface area (Å²) in [4.78, 5) is 4.00. The van der Waals surface area contributed by atoms with Crippen LogP contribution in [0.3, 0.4) is 0 Å². The van der Waals surface area contributed by atoms with E-state index in [0.717, 1.165) is 11.1 Å². The zero-order valence-electron chi connectivity index (χ0n) is 11.7. The summed E-state index contributed by atoms with van der Waals surface area (Å²) in [5.41, 5.74) is 14.0. The lowest BCUT2D eigenvalue weighted by molar-refractivity contribution is 0.107. The van der Waals surface area contributed by atoms with Crippen LogP contribution < -0.4 is 11.5 Å². The van der Waals surface area contributed by atoms with Crippen LogP contribution in [0.4, 0.5) is 0 Å². The fourth-order valence-corrected chi connectivity index (χ4v) is 1.86. The minimum absolute atomic E-state index is 0. The molecule has 21 heavy (non-hydrogen) atoms. The van der Waals surface area contributed by atoms with Gasteiger partial charge in [0.2, 0.25) is 0 Å². The van der Waals surface area contributed by atoms with Crippen LogP contribution in [-0.2, 0) is 24.5 Å². The number of nitrogens with zero attached hydrogens (tertiary/aromatic N) is 1. The number of ether oxygens (including phenoxy) is 1. The molecule has 4 N–H and O–H groups in total. The van der Waals surface area contributed by atoms with Crippen LogP contribution >= 0.6 is 24.0 Å². The van der Waals surface area contributed by atoms with Crippen molar-refractivity contribution in [3.8, 4) is 0 Å².